The number of sulfonamides is 2. The molecule has 190 valence electrons. The highest BCUT2D eigenvalue weighted by Crippen LogP contribution is 2.25. The van der Waals surface area contributed by atoms with Gasteiger partial charge in [0.2, 0.25) is 10.0 Å². The van der Waals surface area contributed by atoms with Crippen molar-refractivity contribution in [1.29, 1.82) is 0 Å². The summed E-state index contributed by atoms with van der Waals surface area (Å²) < 4.78 is 55.6. The van der Waals surface area contributed by atoms with E-state index in [0.717, 1.165) is 25.7 Å². The summed E-state index contributed by atoms with van der Waals surface area (Å²) in [6, 6.07) is 15.1. The molecule has 4 rings (SSSR count). The molecule has 2 aromatic carbocycles. The van der Waals surface area contributed by atoms with Crippen molar-refractivity contribution in [3.8, 4) is 0 Å². The first-order valence-electron chi connectivity index (χ1n) is 11.6. The van der Waals surface area contributed by atoms with Crippen LogP contribution in [0.1, 0.15) is 41.6 Å². The molecule has 2 N–H and O–H groups in total. The molecule has 0 saturated carbocycles. The molecular formula is C25H28N4O5S2. The molecular weight excluding hydrogens is 500 g/mol. The molecule has 2 heterocycles. The predicted molar refractivity (Wildman–Crippen MR) is 138 cm³/mol. The van der Waals surface area contributed by atoms with Gasteiger partial charge >= 0.3 is 0 Å². The third-order valence-electron chi connectivity index (χ3n) is 5.96. The first-order chi connectivity index (χ1) is 17.2. The van der Waals surface area contributed by atoms with E-state index in [2.05, 4.69) is 15.0 Å². The van der Waals surface area contributed by atoms with Gasteiger partial charge in [0.15, 0.2) is 0 Å². The molecule has 0 bridgehead atoms. The van der Waals surface area contributed by atoms with Crippen molar-refractivity contribution >= 4 is 37.5 Å². The number of rotatable bonds is 7. The normalized spacial score (nSPS) is 15.1. The largest absolute Gasteiger partial charge is 0.322 e. The van der Waals surface area contributed by atoms with Crippen molar-refractivity contribution in [2.45, 2.75) is 42.4 Å². The summed E-state index contributed by atoms with van der Waals surface area (Å²) >= 11 is 0. The highest BCUT2D eigenvalue weighted by atomic mass is 32.2. The van der Waals surface area contributed by atoms with E-state index < -0.39 is 26.0 Å². The third-order valence-corrected chi connectivity index (χ3v) is 9.37. The van der Waals surface area contributed by atoms with Crippen molar-refractivity contribution in [2.24, 2.45) is 0 Å². The van der Waals surface area contributed by atoms with Gasteiger partial charge in [-0.05, 0) is 73.9 Å². The van der Waals surface area contributed by atoms with E-state index in [1.54, 1.807) is 31.2 Å². The third kappa shape index (κ3) is 5.92. The van der Waals surface area contributed by atoms with Crippen molar-refractivity contribution in [2.75, 3.05) is 23.1 Å². The lowest BCUT2D eigenvalue weighted by Gasteiger charge is -2.21. The summed E-state index contributed by atoms with van der Waals surface area (Å²) in [5.41, 5.74) is 1.14. The molecule has 1 fully saturated rings. The van der Waals surface area contributed by atoms with E-state index in [4.69, 9.17) is 0 Å². The van der Waals surface area contributed by atoms with Gasteiger partial charge < -0.3 is 5.32 Å². The van der Waals surface area contributed by atoms with E-state index >= 15 is 0 Å². The molecule has 1 aliphatic rings. The van der Waals surface area contributed by atoms with E-state index in [9.17, 15) is 21.6 Å². The Morgan fingerprint density at radius 3 is 2.22 bits per heavy atom. The maximum Gasteiger partial charge on any atom is 0.263 e. The van der Waals surface area contributed by atoms with Crippen molar-refractivity contribution in [1.82, 2.24) is 9.29 Å². The molecule has 9 nitrogen and oxygen atoms in total. The summed E-state index contributed by atoms with van der Waals surface area (Å²) in [6.07, 6.45) is 5.13. The van der Waals surface area contributed by atoms with Crippen LogP contribution in [0, 0.1) is 6.92 Å². The summed E-state index contributed by atoms with van der Waals surface area (Å²) in [7, 11) is -7.57. The average molecular weight is 529 g/mol. The van der Waals surface area contributed by atoms with Gasteiger partial charge in [-0.3, -0.25) is 9.52 Å². The minimum Gasteiger partial charge on any atom is -0.322 e. The smallest absolute Gasteiger partial charge is 0.263 e. The molecule has 0 unspecified atom stereocenters. The maximum absolute atomic E-state index is 13.3. The van der Waals surface area contributed by atoms with E-state index in [1.807, 2.05) is 0 Å². The molecule has 0 radical (unpaired) electrons. The topological polar surface area (TPSA) is 126 Å². The summed E-state index contributed by atoms with van der Waals surface area (Å²) in [5, 5.41) is 2.70. The molecule has 0 atom stereocenters. The number of aryl methyl sites for hydroxylation is 1. The van der Waals surface area contributed by atoms with Gasteiger partial charge in [-0.15, -0.1) is 0 Å². The molecule has 1 saturated heterocycles. The molecule has 3 aromatic rings. The van der Waals surface area contributed by atoms with Gasteiger partial charge in [0, 0.05) is 30.5 Å². The van der Waals surface area contributed by atoms with Crippen LogP contribution in [0.4, 0.5) is 11.5 Å². The lowest BCUT2D eigenvalue weighted by atomic mass is 10.1. The van der Waals surface area contributed by atoms with Crippen LogP contribution in [-0.4, -0.2) is 45.1 Å². The number of carbonyl (C=O) groups is 1. The monoisotopic (exact) mass is 528 g/mol. The van der Waals surface area contributed by atoms with Gasteiger partial charge in [-0.25, -0.2) is 21.8 Å². The molecule has 0 aliphatic carbocycles. The number of amides is 1. The number of nitrogens with one attached hydrogen (secondary N) is 2. The lowest BCUT2D eigenvalue weighted by Crippen LogP contribution is -2.32. The Morgan fingerprint density at radius 1 is 0.889 bits per heavy atom. The van der Waals surface area contributed by atoms with Gasteiger partial charge in [0.1, 0.15) is 5.82 Å². The lowest BCUT2D eigenvalue weighted by molar-refractivity contribution is 0.102. The summed E-state index contributed by atoms with van der Waals surface area (Å²) in [5.74, 6) is -0.301. The fourth-order valence-electron chi connectivity index (χ4n) is 3.98. The standard InChI is InChI=1S/C25H28N4O5S2/c1-19-9-10-20(18-23(19)36(33,34)29-16-6-2-3-7-17-29)25(30)27-21-11-13-22(14-12-21)35(31,32)28-24-8-4-5-15-26-24/h4-5,8-15,18H,2-3,6-7,16-17H2,1H3,(H,26,28)(H,27,30). The van der Waals surface area contributed by atoms with E-state index in [0.29, 0.717) is 24.3 Å². The zero-order valence-corrected chi connectivity index (χ0v) is 21.5. The molecule has 36 heavy (non-hydrogen) atoms. The van der Waals surface area contributed by atoms with Crippen molar-refractivity contribution in [3.05, 3.63) is 78.0 Å². The maximum atomic E-state index is 13.3. The second-order valence-corrected chi connectivity index (χ2v) is 12.2. The van der Waals surface area contributed by atoms with Crippen LogP contribution in [0.3, 0.4) is 0 Å². The number of benzene rings is 2. The Hall–Kier alpha value is -3.28. The Labute approximate surface area is 211 Å². The number of pyridine rings is 1. The number of aromatic nitrogens is 1. The summed E-state index contributed by atoms with van der Waals surface area (Å²) in [6.45, 7) is 2.66. The fraction of sp³-hybridized carbons (Fsp3) is 0.280. The summed E-state index contributed by atoms with van der Waals surface area (Å²) in [4.78, 5) is 17.0. The highest BCUT2D eigenvalue weighted by Gasteiger charge is 2.27. The van der Waals surface area contributed by atoms with Crippen LogP contribution >= 0.6 is 0 Å². The number of hydrogen-bond acceptors (Lipinski definition) is 6. The zero-order valence-electron chi connectivity index (χ0n) is 19.8. The number of anilines is 2. The van der Waals surface area contributed by atoms with Crippen LogP contribution in [0.2, 0.25) is 0 Å². The Kier molecular flexibility index (Phi) is 7.72. The van der Waals surface area contributed by atoms with Gasteiger partial charge in [0.05, 0.1) is 9.79 Å². The quantitative estimate of drug-likeness (QED) is 0.477. The zero-order chi connectivity index (χ0) is 25.8. The van der Waals surface area contributed by atoms with Crippen molar-refractivity contribution < 1.29 is 21.6 Å². The second kappa shape index (κ2) is 10.8. The minimum absolute atomic E-state index is 0.00678. The molecule has 11 heteroatoms. The number of carbonyl (C=O) groups excluding carboxylic acids is 1. The number of hydrogen-bond donors (Lipinski definition) is 2. The Bertz CT molecular complexity index is 1430. The first kappa shape index (κ1) is 25.8. The van der Waals surface area contributed by atoms with Crippen molar-refractivity contribution in [3.63, 3.8) is 0 Å². The van der Waals surface area contributed by atoms with Gasteiger partial charge in [0.25, 0.3) is 15.9 Å². The van der Waals surface area contributed by atoms with Gasteiger partial charge in [-0.2, -0.15) is 4.31 Å². The molecule has 1 aromatic heterocycles. The van der Waals surface area contributed by atoms with E-state index in [1.165, 1.54) is 46.9 Å². The highest BCUT2D eigenvalue weighted by molar-refractivity contribution is 7.92. The fourth-order valence-corrected chi connectivity index (χ4v) is 6.76. The van der Waals surface area contributed by atoms with Crippen LogP contribution in [0.5, 0.6) is 0 Å². The van der Waals surface area contributed by atoms with Crippen LogP contribution in [0.15, 0.2) is 76.7 Å². The molecule has 1 aliphatic heterocycles. The van der Waals surface area contributed by atoms with Gasteiger partial charge in [-0.1, -0.05) is 25.0 Å². The first-order valence-corrected chi connectivity index (χ1v) is 14.6. The Morgan fingerprint density at radius 2 is 1.58 bits per heavy atom. The average Bonchev–Trinajstić information content (AvgIpc) is 3.15. The minimum atomic E-state index is -3.85. The SMILES string of the molecule is Cc1ccc(C(=O)Nc2ccc(S(=O)(=O)Nc3ccccn3)cc2)cc1S(=O)(=O)N1CCCCCC1. The van der Waals surface area contributed by atoms with Crippen LogP contribution in [-0.2, 0) is 20.0 Å². The molecule has 0 spiro atoms. The van der Waals surface area contributed by atoms with E-state index in [-0.39, 0.29) is 21.2 Å². The number of nitrogens with zero attached hydrogens (tertiary/aromatic N) is 2. The van der Waals surface area contributed by atoms with Crippen LogP contribution in [0.25, 0.3) is 0 Å². The molecule has 1 amide bonds. The van der Waals surface area contributed by atoms with Crippen LogP contribution < -0.4 is 10.0 Å². The Balaban J connectivity index is 1.50. The predicted octanol–water partition coefficient (Wildman–Crippen LogP) is 4.01. The second-order valence-electron chi connectivity index (χ2n) is 8.60.